The number of methoxy groups -OCH3 is 1. The number of halogens is 2. The first-order valence-corrected chi connectivity index (χ1v) is 9.03. The monoisotopic (exact) mass is 395 g/mol. The van der Waals surface area contributed by atoms with E-state index in [1.165, 1.54) is 24.5 Å². The second-order valence-corrected chi connectivity index (χ2v) is 6.94. The van der Waals surface area contributed by atoms with Gasteiger partial charge in [-0.25, -0.2) is 0 Å². The third-order valence-corrected chi connectivity index (χ3v) is 5.26. The SMILES string of the molecule is COc1ccc(CCNC(=O)c2cc3c(C)nn(C)c3s2)cc1OC(F)F. The Morgan fingerprint density at radius 2 is 2.11 bits per heavy atom. The molecule has 0 unspecified atom stereocenters. The second kappa shape index (κ2) is 7.91. The lowest BCUT2D eigenvalue weighted by atomic mass is 10.1. The van der Waals surface area contributed by atoms with Crippen LogP contribution < -0.4 is 14.8 Å². The molecule has 0 saturated heterocycles. The standard InChI is InChI=1S/C18H19F2N3O3S/c1-10-12-9-15(27-17(12)23(2)22-10)16(24)21-7-6-11-4-5-13(25-3)14(8-11)26-18(19)20/h4-5,8-9,18H,6-7H2,1-3H3,(H,21,24). The number of aromatic nitrogens is 2. The van der Waals surface area contributed by atoms with Gasteiger partial charge in [0, 0.05) is 19.0 Å². The Labute approximate surface area is 158 Å². The lowest BCUT2D eigenvalue weighted by Gasteiger charge is -2.11. The molecule has 0 spiro atoms. The Bertz CT molecular complexity index is 934. The van der Waals surface area contributed by atoms with Crippen LogP contribution in [-0.4, -0.2) is 36.0 Å². The zero-order valence-electron chi connectivity index (χ0n) is 15.1. The maximum absolute atomic E-state index is 12.5. The number of thiophene rings is 1. The van der Waals surface area contributed by atoms with Gasteiger partial charge in [0.2, 0.25) is 0 Å². The van der Waals surface area contributed by atoms with Crippen LogP contribution >= 0.6 is 11.3 Å². The van der Waals surface area contributed by atoms with Gasteiger partial charge in [0.15, 0.2) is 11.5 Å². The van der Waals surface area contributed by atoms with Crippen LogP contribution in [0, 0.1) is 6.92 Å². The van der Waals surface area contributed by atoms with Gasteiger partial charge in [-0.3, -0.25) is 9.48 Å². The van der Waals surface area contributed by atoms with E-state index in [4.69, 9.17) is 4.74 Å². The number of amides is 1. The molecule has 0 fully saturated rings. The first-order valence-electron chi connectivity index (χ1n) is 8.22. The molecular weight excluding hydrogens is 376 g/mol. The minimum atomic E-state index is -2.93. The fourth-order valence-electron chi connectivity index (χ4n) is 2.79. The van der Waals surface area contributed by atoms with Gasteiger partial charge >= 0.3 is 6.61 Å². The van der Waals surface area contributed by atoms with E-state index in [2.05, 4.69) is 15.2 Å². The minimum absolute atomic E-state index is 0.0243. The summed E-state index contributed by atoms with van der Waals surface area (Å²) in [5, 5.41) is 8.13. The Balaban J connectivity index is 1.63. The first kappa shape index (κ1) is 19.1. The van der Waals surface area contributed by atoms with Crippen molar-refractivity contribution >= 4 is 27.5 Å². The highest BCUT2D eigenvalue weighted by molar-refractivity contribution is 7.20. The van der Waals surface area contributed by atoms with E-state index in [-0.39, 0.29) is 17.4 Å². The second-order valence-electron chi connectivity index (χ2n) is 5.91. The van der Waals surface area contributed by atoms with Crippen molar-refractivity contribution in [1.82, 2.24) is 15.1 Å². The van der Waals surface area contributed by atoms with Crippen molar-refractivity contribution in [3.05, 3.63) is 40.4 Å². The van der Waals surface area contributed by atoms with Crippen LogP contribution in [0.25, 0.3) is 10.2 Å². The Morgan fingerprint density at radius 1 is 1.33 bits per heavy atom. The molecule has 27 heavy (non-hydrogen) atoms. The lowest BCUT2D eigenvalue weighted by Crippen LogP contribution is -2.24. The molecule has 2 aromatic heterocycles. The van der Waals surface area contributed by atoms with E-state index in [1.807, 2.05) is 20.0 Å². The maximum Gasteiger partial charge on any atom is 0.387 e. The molecule has 144 valence electrons. The average Bonchev–Trinajstić information content (AvgIpc) is 3.16. The van der Waals surface area contributed by atoms with E-state index in [9.17, 15) is 13.6 Å². The number of fused-ring (bicyclic) bond motifs is 1. The number of nitrogens with zero attached hydrogens (tertiary/aromatic N) is 2. The minimum Gasteiger partial charge on any atom is -0.493 e. The molecule has 9 heteroatoms. The smallest absolute Gasteiger partial charge is 0.387 e. The molecular formula is C18H19F2N3O3S. The quantitative estimate of drug-likeness (QED) is 0.665. The van der Waals surface area contributed by atoms with Crippen LogP contribution in [0.5, 0.6) is 11.5 Å². The Hall–Kier alpha value is -2.68. The fraction of sp³-hybridized carbons (Fsp3) is 0.333. The first-order chi connectivity index (χ1) is 12.9. The molecule has 0 bridgehead atoms. The van der Waals surface area contributed by atoms with Crippen LogP contribution in [0.15, 0.2) is 24.3 Å². The summed E-state index contributed by atoms with van der Waals surface area (Å²) < 4.78 is 36.2. The number of nitrogens with one attached hydrogen (secondary N) is 1. The summed E-state index contributed by atoms with van der Waals surface area (Å²) in [5.74, 6) is 0.0364. The lowest BCUT2D eigenvalue weighted by molar-refractivity contribution is -0.0512. The number of carbonyl (C=O) groups excluding carboxylic acids is 1. The zero-order valence-corrected chi connectivity index (χ0v) is 15.9. The van der Waals surface area contributed by atoms with Gasteiger partial charge in [-0.1, -0.05) is 6.07 Å². The third-order valence-electron chi connectivity index (χ3n) is 4.06. The predicted molar refractivity (Wildman–Crippen MR) is 99.0 cm³/mol. The van der Waals surface area contributed by atoms with Gasteiger partial charge in [0.1, 0.15) is 4.83 Å². The Morgan fingerprint density at radius 3 is 2.78 bits per heavy atom. The van der Waals surface area contributed by atoms with Crippen molar-refractivity contribution in [3.8, 4) is 11.5 Å². The summed E-state index contributed by atoms with van der Waals surface area (Å²) in [4.78, 5) is 13.9. The normalized spacial score (nSPS) is 11.2. The van der Waals surface area contributed by atoms with Crippen molar-refractivity contribution < 1.29 is 23.0 Å². The van der Waals surface area contributed by atoms with Crippen molar-refractivity contribution in [2.45, 2.75) is 20.0 Å². The van der Waals surface area contributed by atoms with E-state index < -0.39 is 6.61 Å². The van der Waals surface area contributed by atoms with Crippen molar-refractivity contribution in [2.75, 3.05) is 13.7 Å². The van der Waals surface area contributed by atoms with E-state index in [0.29, 0.717) is 17.8 Å². The molecule has 0 aliphatic carbocycles. The summed E-state index contributed by atoms with van der Waals surface area (Å²) in [7, 11) is 3.23. The molecule has 3 rings (SSSR count). The number of hydrogen-bond acceptors (Lipinski definition) is 5. The molecule has 1 N–H and O–H groups in total. The van der Waals surface area contributed by atoms with Crippen LogP contribution in [0.1, 0.15) is 20.9 Å². The number of benzene rings is 1. The molecule has 1 aromatic carbocycles. The number of hydrogen-bond donors (Lipinski definition) is 1. The summed E-state index contributed by atoms with van der Waals surface area (Å²) in [5.41, 5.74) is 1.63. The summed E-state index contributed by atoms with van der Waals surface area (Å²) in [6.45, 7) is -0.663. The van der Waals surface area contributed by atoms with E-state index >= 15 is 0 Å². The Kier molecular flexibility index (Phi) is 5.59. The number of aryl methyl sites for hydroxylation is 2. The van der Waals surface area contributed by atoms with Crippen LogP contribution in [0.2, 0.25) is 0 Å². The summed E-state index contributed by atoms with van der Waals surface area (Å²) in [6, 6.07) is 6.64. The van der Waals surface area contributed by atoms with Gasteiger partial charge in [0.25, 0.3) is 5.91 Å². The van der Waals surface area contributed by atoms with Crippen molar-refractivity contribution in [3.63, 3.8) is 0 Å². The summed E-state index contributed by atoms with van der Waals surface area (Å²) >= 11 is 1.38. The van der Waals surface area contributed by atoms with Crippen LogP contribution in [0.3, 0.4) is 0 Å². The van der Waals surface area contributed by atoms with Gasteiger partial charge in [-0.2, -0.15) is 13.9 Å². The molecule has 0 saturated carbocycles. The highest BCUT2D eigenvalue weighted by Crippen LogP contribution is 2.30. The van der Waals surface area contributed by atoms with Gasteiger partial charge in [-0.15, -0.1) is 11.3 Å². The number of carbonyl (C=O) groups is 1. The van der Waals surface area contributed by atoms with Gasteiger partial charge < -0.3 is 14.8 Å². The topological polar surface area (TPSA) is 65.4 Å². The zero-order chi connectivity index (χ0) is 19.6. The molecule has 0 radical (unpaired) electrons. The molecule has 0 aliphatic rings. The summed E-state index contributed by atoms with van der Waals surface area (Å²) in [6.07, 6.45) is 0.473. The van der Waals surface area contributed by atoms with E-state index in [1.54, 1.807) is 16.8 Å². The number of alkyl halides is 2. The van der Waals surface area contributed by atoms with Crippen molar-refractivity contribution in [2.24, 2.45) is 7.05 Å². The highest BCUT2D eigenvalue weighted by Gasteiger charge is 2.15. The van der Waals surface area contributed by atoms with Crippen LogP contribution in [0.4, 0.5) is 8.78 Å². The predicted octanol–water partition coefficient (Wildman–Crippen LogP) is 3.53. The third kappa shape index (κ3) is 4.19. The molecule has 1 amide bonds. The van der Waals surface area contributed by atoms with Gasteiger partial charge in [-0.05, 0) is 37.1 Å². The highest BCUT2D eigenvalue weighted by atomic mass is 32.1. The average molecular weight is 395 g/mol. The fourth-order valence-corrected chi connectivity index (χ4v) is 3.83. The number of rotatable bonds is 7. The van der Waals surface area contributed by atoms with Crippen LogP contribution in [-0.2, 0) is 13.5 Å². The molecule has 2 heterocycles. The largest absolute Gasteiger partial charge is 0.493 e. The number of ether oxygens (including phenoxy) is 2. The molecule has 0 aliphatic heterocycles. The van der Waals surface area contributed by atoms with Gasteiger partial charge in [0.05, 0.1) is 17.7 Å². The van der Waals surface area contributed by atoms with Crippen molar-refractivity contribution in [1.29, 1.82) is 0 Å². The maximum atomic E-state index is 12.5. The molecule has 0 atom stereocenters. The molecule has 3 aromatic rings. The van der Waals surface area contributed by atoms with E-state index in [0.717, 1.165) is 21.5 Å². The molecule has 6 nitrogen and oxygen atoms in total.